The summed E-state index contributed by atoms with van der Waals surface area (Å²) in [6.07, 6.45) is 11.9. The largest absolute Gasteiger partial charge is 0.403 e. The highest BCUT2D eigenvalue weighted by molar-refractivity contribution is 6.35. The van der Waals surface area contributed by atoms with E-state index in [1.165, 1.54) is 6.20 Å². The molecule has 19 heavy (non-hydrogen) atoms. The molecule has 2 N–H and O–H groups in total. The summed E-state index contributed by atoms with van der Waals surface area (Å²) in [7, 11) is 0. The van der Waals surface area contributed by atoms with Crippen LogP contribution in [-0.2, 0) is 0 Å². The van der Waals surface area contributed by atoms with E-state index < -0.39 is 0 Å². The van der Waals surface area contributed by atoms with Gasteiger partial charge in [0.2, 0.25) is 0 Å². The summed E-state index contributed by atoms with van der Waals surface area (Å²) >= 11 is 12.0. The van der Waals surface area contributed by atoms with Crippen molar-refractivity contribution < 1.29 is 0 Å². The lowest BCUT2D eigenvalue weighted by molar-refractivity contribution is 1.38. The first-order valence-electron chi connectivity index (χ1n) is 5.86. The molecule has 0 radical (unpaired) electrons. The average Bonchev–Trinajstić information content (AvgIpc) is 2.39. The molecule has 1 aromatic rings. The second kappa shape index (κ2) is 8.57. The Morgan fingerprint density at radius 2 is 2.11 bits per heavy atom. The van der Waals surface area contributed by atoms with E-state index in [-0.39, 0.29) is 0 Å². The molecule has 0 saturated heterocycles. The molecule has 0 aliphatic heterocycles. The van der Waals surface area contributed by atoms with Crippen LogP contribution in [0.4, 0.5) is 0 Å². The molecule has 0 spiro atoms. The van der Waals surface area contributed by atoms with E-state index in [1.807, 2.05) is 25.2 Å². The molecule has 0 saturated carbocycles. The highest BCUT2D eigenvalue weighted by atomic mass is 35.5. The van der Waals surface area contributed by atoms with Gasteiger partial charge in [-0.25, -0.2) is 0 Å². The molecule has 0 aliphatic rings. The molecule has 0 atom stereocenters. The van der Waals surface area contributed by atoms with Crippen LogP contribution in [0.5, 0.6) is 0 Å². The zero-order chi connectivity index (χ0) is 14.1. The lowest BCUT2D eigenvalue weighted by Crippen LogP contribution is -1.89. The van der Waals surface area contributed by atoms with Gasteiger partial charge in [-0.15, -0.1) is 0 Å². The van der Waals surface area contributed by atoms with Gasteiger partial charge in [-0.3, -0.25) is 4.99 Å². The molecule has 0 aliphatic carbocycles. The van der Waals surface area contributed by atoms with Crippen molar-refractivity contribution in [2.75, 3.05) is 0 Å². The van der Waals surface area contributed by atoms with Gasteiger partial charge in [0.05, 0.1) is 10.7 Å². The van der Waals surface area contributed by atoms with E-state index in [9.17, 15) is 0 Å². The second-order valence-corrected chi connectivity index (χ2v) is 4.53. The number of benzene rings is 1. The van der Waals surface area contributed by atoms with Crippen LogP contribution in [0.3, 0.4) is 0 Å². The molecule has 0 amide bonds. The van der Waals surface area contributed by atoms with Crippen LogP contribution in [0.15, 0.2) is 53.7 Å². The number of nitrogens with two attached hydrogens (primary N) is 1. The van der Waals surface area contributed by atoms with Gasteiger partial charge < -0.3 is 5.73 Å². The molecule has 0 aromatic heterocycles. The number of rotatable bonds is 5. The van der Waals surface area contributed by atoms with Crippen LogP contribution < -0.4 is 5.73 Å². The highest BCUT2D eigenvalue weighted by Gasteiger charge is 2.04. The molecule has 1 rings (SSSR count). The van der Waals surface area contributed by atoms with Crippen LogP contribution in [0.2, 0.25) is 10.0 Å². The van der Waals surface area contributed by atoms with Crippen molar-refractivity contribution in [1.29, 1.82) is 0 Å². The van der Waals surface area contributed by atoms with Crippen LogP contribution >= 0.6 is 23.2 Å². The Kier molecular flexibility index (Phi) is 7.01. The van der Waals surface area contributed by atoms with Gasteiger partial charge in [-0.05, 0) is 37.6 Å². The zero-order valence-electron chi connectivity index (χ0n) is 10.7. The van der Waals surface area contributed by atoms with Gasteiger partial charge in [0, 0.05) is 23.0 Å². The van der Waals surface area contributed by atoms with Crippen molar-refractivity contribution in [2.24, 2.45) is 10.7 Å². The summed E-state index contributed by atoms with van der Waals surface area (Å²) < 4.78 is 0. The van der Waals surface area contributed by atoms with Crippen LogP contribution in [0.25, 0.3) is 5.70 Å². The number of hydrogen-bond donors (Lipinski definition) is 1. The van der Waals surface area contributed by atoms with Crippen LogP contribution in [0.1, 0.15) is 18.9 Å². The smallest absolute Gasteiger partial charge is 0.0871 e. The number of allylic oxidation sites excluding steroid dienone is 4. The Labute approximate surface area is 123 Å². The minimum Gasteiger partial charge on any atom is -0.403 e. The average molecular weight is 295 g/mol. The first-order valence-corrected chi connectivity index (χ1v) is 6.62. The van der Waals surface area contributed by atoms with E-state index >= 15 is 0 Å². The van der Waals surface area contributed by atoms with Crippen LogP contribution in [-0.4, -0.2) is 6.21 Å². The highest BCUT2D eigenvalue weighted by Crippen LogP contribution is 2.27. The molecular weight excluding hydrogens is 279 g/mol. The van der Waals surface area contributed by atoms with E-state index in [2.05, 4.69) is 11.1 Å². The Hall–Kier alpha value is -1.51. The third-order valence-corrected chi connectivity index (χ3v) is 2.86. The summed E-state index contributed by atoms with van der Waals surface area (Å²) in [5, 5.41) is 1.11. The maximum atomic E-state index is 6.10. The summed E-state index contributed by atoms with van der Waals surface area (Å²) in [5.74, 6) is 0. The fourth-order valence-corrected chi connectivity index (χ4v) is 1.88. The molecule has 0 heterocycles. The molecule has 1 aromatic carbocycles. The summed E-state index contributed by atoms with van der Waals surface area (Å²) in [6.45, 7) is 1.99. The van der Waals surface area contributed by atoms with E-state index in [0.29, 0.717) is 15.7 Å². The maximum absolute atomic E-state index is 6.10. The van der Waals surface area contributed by atoms with Gasteiger partial charge in [0.15, 0.2) is 0 Å². The third kappa shape index (κ3) is 5.33. The zero-order valence-corrected chi connectivity index (χ0v) is 12.2. The number of nitrogens with zero attached hydrogens (tertiary/aromatic N) is 1. The summed E-state index contributed by atoms with van der Waals surface area (Å²) in [4.78, 5) is 4.27. The molecule has 0 bridgehead atoms. The number of aliphatic imine (C=N–C) groups is 1. The Morgan fingerprint density at radius 1 is 1.32 bits per heavy atom. The molecule has 100 valence electrons. The van der Waals surface area contributed by atoms with Crippen LogP contribution in [0, 0.1) is 0 Å². The molecule has 4 heteroatoms. The van der Waals surface area contributed by atoms with Gasteiger partial charge >= 0.3 is 0 Å². The standard InChI is InChI=1S/C15H16Cl2N2/c1-2-3-4-5-6-9-19-15(11-18)13-8-7-12(16)10-14(13)17/h2-3,5-11H,4,18H2,1H3/b3-2-,6-5+,15-11-,19-9+. The van der Waals surface area contributed by atoms with Crippen molar-refractivity contribution in [3.63, 3.8) is 0 Å². The lowest BCUT2D eigenvalue weighted by atomic mass is 10.2. The normalized spacial score (nSPS) is 13.1. The third-order valence-electron chi connectivity index (χ3n) is 2.31. The van der Waals surface area contributed by atoms with Crippen molar-refractivity contribution in [2.45, 2.75) is 13.3 Å². The summed E-state index contributed by atoms with van der Waals surface area (Å²) in [5.41, 5.74) is 6.94. The SMILES string of the molecule is C/C=C\C/C=C/C=N/C(=C\N)c1ccc(Cl)cc1Cl. The van der Waals surface area contributed by atoms with E-state index in [4.69, 9.17) is 28.9 Å². The Balaban J connectivity index is 2.79. The minimum absolute atomic E-state index is 0.527. The van der Waals surface area contributed by atoms with E-state index in [1.54, 1.807) is 24.4 Å². The topological polar surface area (TPSA) is 38.4 Å². The van der Waals surface area contributed by atoms with Gasteiger partial charge in [0.1, 0.15) is 0 Å². The van der Waals surface area contributed by atoms with Crippen molar-refractivity contribution in [3.05, 3.63) is 64.3 Å². The van der Waals surface area contributed by atoms with E-state index in [0.717, 1.165) is 12.0 Å². The predicted molar refractivity (Wildman–Crippen MR) is 85.7 cm³/mol. The lowest BCUT2D eigenvalue weighted by Gasteiger charge is -2.04. The monoisotopic (exact) mass is 294 g/mol. The quantitative estimate of drug-likeness (QED) is 0.612. The first kappa shape index (κ1) is 15.5. The number of hydrogen-bond acceptors (Lipinski definition) is 2. The van der Waals surface area contributed by atoms with Gasteiger partial charge in [-0.1, -0.05) is 41.4 Å². The second-order valence-electron chi connectivity index (χ2n) is 3.69. The van der Waals surface area contributed by atoms with Gasteiger partial charge in [0.25, 0.3) is 0 Å². The number of halogens is 2. The minimum atomic E-state index is 0.527. The maximum Gasteiger partial charge on any atom is 0.0871 e. The fraction of sp³-hybridized carbons (Fsp3) is 0.133. The van der Waals surface area contributed by atoms with Crippen molar-refractivity contribution in [3.8, 4) is 0 Å². The van der Waals surface area contributed by atoms with Gasteiger partial charge in [-0.2, -0.15) is 0 Å². The first-order chi connectivity index (χ1) is 9.19. The molecule has 0 unspecified atom stereocenters. The molecule has 0 fully saturated rings. The summed E-state index contributed by atoms with van der Waals surface area (Å²) in [6, 6.07) is 5.22. The molecular formula is C15H16Cl2N2. The predicted octanol–water partition coefficient (Wildman–Crippen LogP) is 4.84. The fourth-order valence-electron chi connectivity index (χ4n) is 1.38. The Bertz CT molecular complexity index is 529. The Morgan fingerprint density at radius 3 is 2.74 bits per heavy atom. The van der Waals surface area contributed by atoms with Crippen molar-refractivity contribution in [1.82, 2.24) is 0 Å². The van der Waals surface area contributed by atoms with Crippen molar-refractivity contribution >= 4 is 35.1 Å². The molecule has 2 nitrogen and oxygen atoms in total.